The van der Waals surface area contributed by atoms with Gasteiger partial charge in [0.1, 0.15) is 6.54 Å². The van der Waals surface area contributed by atoms with Gasteiger partial charge in [-0.1, -0.05) is 18.2 Å². The van der Waals surface area contributed by atoms with Crippen molar-refractivity contribution >= 4 is 35.5 Å². The molecule has 1 fully saturated rings. The third-order valence-electron chi connectivity index (χ3n) is 7.19. The minimum Gasteiger partial charge on any atom is -0.489 e. The smallest absolute Gasteiger partial charge is 0.343 e. The van der Waals surface area contributed by atoms with Gasteiger partial charge in [0.15, 0.2) is 17.5 Å². The maximum absolute atomic E-state index is 14.2. The molecule has 1 aliphatic carbocycles. The Kier molecular flexibility index (Phi) is 8.28. The van der Waals surface area contributed by atoms with Crippen molar-refractivity contribution in [3.05, 3.63) is 88.0 Å². The van der Waals surface area contributed by atoms with Crippen molar-refractivity contribution in [1.29, 1.82) is 5.41 Å². The predicted octanol–water partition coefficient (Wildman–Crippen LogP) is 3.84. The molecule has 12 heteroatoms. The molecule has 222 valence electrons. The highest BCUT2D eigenvalue weighted by Gasteiger charge is 2.35. The van der Waals surface area contributed by atoms with Crippen LogP contribution in [0.3, 0.4) is 0 Å². The minimum atomic E-state index is -1.24. The number of aryl methyl sites for hydroxylation is 1. The van der Waals surface area contributed by atoms with E-state index in [-0.39, 0.29) is 47.7 Å². The van der Waals surface area contributed by atoms with E-state index in [1.54, 1.807) is 36.4 Å². The first-order valence-electron chi connectivity index (χ1n) is 13.7. The average Bonchev–Trinajstić information content (AvgIpc) is 3.80. The maximum atomic E-state index is 14.2. The molecule has 0 atom stereocenters. The lowest BCUT2D eigenvalue weighted by Gasteiger charge is -2.25. The van der Waals surface area contributed by atoms with Gasteiger partial charge in [-0.15, -0.1) is 0 Å². The second kappa shape index (κ2) is 12.2. The first-order valence-corrected chi connectivity index (χ1v) is 13.7. The number of ether oxygens (including phenoxy) is 2. The lowest BCUT2D eigenvalue weighted by Crippen LogP contribution is -2.36. The number of benzene rings is 3. The third kappa shape index (κ3) is 6.75. The van der Waals surface area contributed by atoms with E-state index >= 15 is 0 Å². The van der Waals surface area contributed by atoms with E-state index in [0.29, 0.717) is 40.8 Å². The van der Waals surface area contributed by atoms with Crippen LogP contribution < -0.4 is 20.5 Å². The molecule has 1 heterocycles. The highest BCUT2D eigenvalue weighted by atomic mass is 16.6. The van der Waals surface area contributed by atoms with Gasteiger partial charge in [-0.25, -0.2) is 9.59 Å². The van der Waals surface area contributed by atoms with Crippen molar-refractivity contribution in [3.8, 4) is 11.5 Å². The summed E-state index contributed by atoms with van der Waals surface area (Å²) in [7, 11) is 0. The fourth-order valence-electron chi connectivity index (χ4n) is 5.13. The molecule has 5 rings (SSSR count). The number of hydrogen-bond acceptors (Lipinski definition) is 7. The SMILES string of the molecule is N=C(N)Nc1ccc2c(c1)CCCOc1c(ccc(C3CC3)c1C(=O)N(CC(=O)O)Cc1cccc(C(=O)O)c1)OC2=O. The number of carboxylic acids is 2. The van der Waals surface area contributed by atoms with Crippen LogP contribution in [-0.4, -0.2) is 58.0 Å². The van der Waals surface area contributed by atoms with Gasteiger partial charge < -0.3 is 35.6 Å². The molecule has 0 bridgehead atoms. The van der Waals surface area contributed by atoms with Crippen LogP contribution in [0.5, 0.6) is 11.5 Å². The van der Waals surface area contributed by atoms with E-state index in [1.165, 1.54) is 18.2 Å². The van der Waals surface area contributed by atoms with Gasteiger partial charge in [0.05, 0.1) is 23.3 Å². The molecule has 6 N–H and O–H groups in total. The molecule has 43 heavy (non-hydrogen) atoms. The molecule has 3 aromatic rings. The molecule has 0 aromatic heterocycles. The standard InChI is InChI=1S/C31H30N4O8/c32-31(33)34-21-8-9-23-19(14-21)5-2-12-42-27-24(43-30(23)41)11-10-22(18-6-7-18)26(27)28(38)35(16-25(36)37)15-17-3-1-4-20(13-17)29(39)40/h1,3-4,8-11,13-14,18H,2,5-7,12,15-16H2,(H,36,37)(H,39,40)(H4,32,33,34). The molecule has 2 aliphatic rings. The number of carbonyl (C=O) groups excluding carboxylic acids is 2. The zero-order valence-electron chi connectivity index (χ0n) is 23.1. The van der Waals surface area contributed by atoms with Gasteiger partial charge in [-0.05, 0) is 84.7 Å². The van der Waals surface area contributed by atoms with Gasteiger partial charge >= 0.3 is 17.9 Å². The van der Waals surface area contributed by atoms with Crippen molar-refractivity contribution in [2.45, 2.75) is 38.1 Å². The summed E-state index contributed by atoms with van der Waals surface area (Å²) in [4.78, 5) is 52.0. The molecule has 12 nitrogen and oxygen atoms in total. The lowest BCUT2D eigenvalue weighted by atomic mass is 9.98. The first-order chi connectivity index (χ1) is 20.6. The number of nitrogens with one attached hydrogen (secondary N) is 2. The number of hydrogen-bond donors (Lipinski definition) is 5. The molecule has 1 amide bonds. The van der Waals surface area contributed by atoms with Crippen molar-refractivity contribution in [2.75, 3.05) is 18.5 Å². The zero-order valence-corrected chi connectivity index (χ0v) is 23.1. The summed E-state index contributed by atoms with van der Waals surface area (Å²) < 4.78 is 11.9. The molecular weight excluding hydrogens is 556 g/mol. The Labute approximate surface area is 246 Å². The quantitative estimate of drug-likeness (QED) is 0.112. The Morgan fingerprint density at radius 3 is 2.56 bits per heavy atom. The Morgan fingerprint density at radius 1 is 1.07 bits per heavy atom. The lowest BCUT2D eigenvalue weighted by molar-refractivity contribution is -0.137. The second-order valence-corrected chi connectivity index (χ2v) is 10.4. The number of carbonyl (C=O) groups is 4. The number of esters is 1. The summed E-state index contributed by atoms with van der Waals surface area (Å²) in [6, 6.07) is 14.1. The van der Waals surface area contributed by atoms with Crippen molar-refractivity contribution in [3.63, 3.8) is 0 Å². The molecule has 0 spiro atoms. The van der Waals surface area contributed by atoms with Crippen LogP contribution in [0.15, 0.2) is 54.6 Å². The van der Waals surface area contributed by atoms with E-state index in [4.69, 9.17) is 20.6 Å². The number of nitrogens with zero attached hydrogens (tertiary/aromatic N) is 1. The first kappa shape index (κ1) is 29.1. The number of nitrogens with two attached hydrogens (primary N) is 1. The molecule has 0 unspecified atom stereocenters. The van der Waals surface area contributed by atoms with Gasteiger partial charge in [-0.3, -0.25) is 15.0 Å². The van der Waals surface area contributed by atoms with E-state index < -0.39 is 30.4 Å². The number of fused-ring (bicyclic) bond motifs is 2. The van der Waals surface area contributed by atoms with Crippen LogP contribution in [0, 0.1) is 5.41 Å². The third-order valence-corrected chi connectivity index (χ3v) is 7.19. The number of anilines is 1. The number of aliphatic carboxylic acids is 1. The van der Waals surface area contributed by atoms with E-state index in [0.717, 1.165) is 17.7 Å². The van der Waals surface area contributed by atoms with Crippen molar-refractivity contribution in [2.24, 2.45) is 5.73 Å². The molecule has 1 saturated carbocycles. The van der Waals surface area contributed by atoms with Crippen LogP contribution in [0.4, 0.5) is 5.69 Å². The second-order valence-electron chi connectivity index (χ2n) is 10.4. The van der Waals surface area contributed by atoms with Gasteiger partial charge in [0, 0.05) is 12.2 Å². The Morgan fingerprint density at radius 2 is 1.86 bits per heavy atom. The van der Waals surface area contributed by atoms with Crippen LogP contribution >= 0.6 is 0 Å². The summed E-state index contributed by atoms with van der Waals surface area (Å²) in [5.74, 6) is -3.77. The Balaban J connectivity index is 1.53. The molecule has 0 saturated heterocycles. The zero-order chi connectivity index (χ0) is 30.7. The van der Waals surface area contributed by atoms with Gasteiger partial charge in [-0.2, -0.15) is 0 Å². The summed E-state index contributed by atoms with van der Waals surface area (Å²) in [5, 5.41) is 29.2. The van der Waals surface area contributed by atoms with E-state index in [2.05, 4.69) is 5.32 Å². The molecule has 1 aliphatic heterocycles. The van der Waals surface area contributed by atoms with Crippen LogP contribution in [0.1, 0.15) is 72.9 Å². The number of guanidine groups is 1. The van der Waals surface area contributed by atoms with Crippen molar-refractivity contribution < 1.29 is 38.9 Å². The predicted molar refractivity (Wildman–Crippen MR) is 155 cm³/mol. The monoisotopic (exact) mass is 586 g/mol. The highest BCUT2D eigenvalue weighted by molar-refractivity contribution is 6.02. The number of aromatic carboxylic acids is 1. The maximum Gasteiger partial charge on any atom is 0.343 e. The normalized spacial score (nSPS) is 14.3. The molecule has 3 aromatic carbocycles. The molecular formula is C31H30N4O8. The summed E-state index contributed by atoms with van der Waals surface area (Å²) in [6.07, 6.45) is 2.58. The van der Waals surface area contributed by atoms with Gasteiger partial charge in [0.2, 0.25) is 0 Å². The van der Waals surface area contributed by atoms with Gasteiger partial charge in [0.25, 0.3) is 5.91 Å². The van der Waals surface area contributed by atoms with Crippen LogP contribution in [0.2, 0.25) is 0 Å². The van der Waals surface area contributed by atoms with Crippen LogP contribution in [0.25, 0.3) is 0 Å². The van der Waals surface area contributed by atoms with Crippen molar-refractivity contribution in [1.82, 2.24) is 4.90 Å². The number of rotatable bonds is 8. The fourth-order valence-corrected chi connectivity index (χ4v) is 5.13. The Bertz CT molecular complexity index is 1630. The van der Waals surface area contributed by atoms with E-state index in [9.17, 15) is 29.4 Å². The minimum absolute atomic E-state index is 0.00996. The summed E-state index contributed by atoms with van der Waals surface area (Å²) in [6.45, 7) is -0.639. The number of amides is 1. The summed E-state index contributed by atoms with van der Waals surface area (Å²) >= 11 is 0. The number of carboxylic acid groups (broad SMARTS) is 2. The molecule has 0 radical (unpaired) electrons. The average molecular weight is 587 g/mol. The topological polar surface area (TPSA) is 192 Å². The summed E-state index contributed by atoms with van der Waals surface area (Å²) in [5.41, 5.74) is 8.23. The fraction of sp³-hybridized carbons (Fsp3) is 0.258. The van der Waals surface area contributed by atoms with Crippen LogP contribution in [-0.2, 0) is 17.8 Å². The van der Waals surface area contributed by atoms with E-state index in [1.807, 2.05) is 0 Å². The largest absolute Gasteiger partial charge is 0.489 e. The highest BCUT2D eigenvalue weighted by Crippen LogP contribution is 2.47. The Hall–Kier alpha value is -5.39.